The van der Waals surface area contributed by atoms with Crippen LogP contribution in [-0.2, 0) is 30.4 Å². The molecule has 0 spiro atoms. The number of nitrogens with zero attached hydrogens (tertiary/aromatic N) is 5. The zero-order valence-corrected chi connectivity index (χ0v) is 26.3. The molecule has 1 aromatic heterocycles. The Hall–Kier alpha value is -5.44. The summed E-state index contributed by atoms with van der Waals surface area (Å²) in [6.07, 6.45) is 0. The van der Waals surface area contributed by atoms with Crippen LogP contribution in [0, 0.1) is 0 Å². The largest absolute Gasteiger partial charge is 0.505 e. The second kappa shape index (κ2) is 12.0. The third kappa shape index (κ3) is 6.53. The van der Waals surface area contributed by atoms with Crippen LogP contribution < -0.4 is 0 Å². The Bertz CT molecular complexity index is 2640. The maximum atomic E-state index is 12.5. The summed E-state index contributed by atoms with van der Waals surface area (Å²) in [5.41, 5.74) is 0.330. The molecular weight excluding hydrogens is 689 g/mol. The maximum absolute atomic E-state index is 12.5. The molecule has 48 heavy (non-hydrogen) atoms. The lowest BCUT2D eigenvalue weighted by atomic mass is 10.1. The second-order valence-corrected chi connectivity index (χ2v) is 14.3. The predicted octanol–water partition coefficient (Wildman–Crippen LogP) is 6.66. The zero-order chi connectivity index (χ0) is 34.4. The summed E-state index contributed by atoms with van der Waals surface area (Å²) in [7, 11) is -14.5. The molecule has 0 atom stereocenters. The molecular formula is C29H20N6O10S3. The molecule has 0 aliphatic rings. The summed E-state index contributed by atoms with van der Waals surface area (Å²) in [5.74, 6) is -0.251. The van der Waals surface area contributed by atoms with Crippen LogP contribution in [0.2, 0.25) is 0 Å². The number of nitrogens with one attached hydrogen (secondary N) is 1. The van der Waals surface area contributed by atoms with Crippen LogP contribution in [0.3, 0.4) is 0 Å². The Kier molecular flexibility index (Phi) is 8.11. The van der Waals surface area contributed by atoms with Gasteiger partial charge >= 0.3 is 0 Å². The lowest BCUT2D eigenvalue weighted by molar-refractivity contribution is 0.472. The first-order valence-electron chi connectivity index (χ1n) is 13.3. The van der Waals surface area contributed by atoms with Crippen LogP contribution in [0.15, 0.2) is 126 Å². The second-order valence-electron chi connectivity index (χ2n) is 10.1. The normalized spacial score (nSPS) is 12.9. The van der Waals surface area contributed by atoms with Crippen LogP contribution in [0.4, 0.5) is 22.7 Å². The molecule has 0 aliphatic carbocycles. The van der Waals surface area contributed by atoms with Gasteiger partial charge in [-0.1, -0.05) is 30.3 Å². The van der Waals surface area contributed by atoms with E-state index in [1.54, 1.807) is 6.07 Å². The fraction of sp³-hybridized carbons (Fsp3) is 0. The van der Waals surface area contributed by atoms with E-state index in [1.807, 2.05) is 30.3 Å². The van der Waals surface area contributed by atoms with Gasteiger partial charge in [-0.25, -0.2) is 4.98 Å². The monoisotopic (exact) mass is 708 g/mol. The van der Waals surface area contributed by atoms with E-state index in [0.717, 1.165) is 35.9 Å². The minimum atomic E-state index is -5.05. The van der Waals surface area contributed by atoms with Crippen LogP contribution >= 0.6 is 0 Å². The van der Waals surface area contributed by atoms with Crippen molar-refractivity contribution in [1.82, 2.24) is 9.97 Å². The molecule has 0 saturated heterocycles. The van der Waals surface area contributed by atoms with Crippen LogP contribution in [0.5, 0.6) is 5.75 Å². The Balaban J connectivity index is 1.41. The van der Waals surface area contributed by atoms with E-state index in [-0.39, 0.29) is 32.6 Å². The van der Waals surface area contributed by atoms with Crippen molar-refractivity contribution in [3.05, 3.63) is 91.0 Å². The lowest BCUT2D eigenvalue weighted by Crippen LogP contribution is -1.99. The molecule has 0 saturated carbocycles. The SMILES string of the molecule is O=S(=O)(O)c1ccc(N=Nc2ccc(N=Nc3c(S(=O)(=O)O)cc4c(ccc5[nH]c(-c6ccccc6)nc54)c3O)c(S(=O)(=O)O)c2)cc1. The highest BCUT2D eigenvalue weighted by molar-refractivity contribution is 7.86. The average molecular weight is 709 g/mol. The number of fused-ring (bicyclic) bond motifs is 3. The topological polar surface area (TPSA) is 261 Å². The van der Waals surface area contributed by atoms with Gasteiger partial charge in [0, 0.05) is 16.3 Å². The Morgan fingerprint density at radius 2 is 1.25 bits per heavy atom. The number of azo groups is 2. The molecule has 0 fully saturated rings. The van der Waals surface area contributed by atoms with E-state index in [4.69, 9.17) is 4.55 Å². The summed E-state index contributed by atoms with van der Waals surface area (Å²) >= 11 is 0. The van der Waals surface area contributed by atoms with Gasteiger partial charge < -0.3 is 10.1 Å². The predicted molar refractivity (Wildman–Crippen MR) is 171 cm³/mol. The first-order chi connectivity index (χ1) is 22.6. The minimum Gasteiger partial charge on any atom is -0.505 e. The molecule has 244 valence electrons. The van der Waals surface area contributed by atoms with Gasteiger partial charge in [-0.3, -0.25) is 13.7 Å². The van der Waals surface area contributed by atoms with Gasteiger partial charge in [-0.15, -0.1) is 10.2 Å². The fourth-order valence-corrected chi connectivity index (χ4v) is 6.45. The van der Waals surface area contributed by atoms with Gasteiger partial charge in [0.15, 0.2) is 5.75 Å². The summed E-state index contributed by atoms with van der Waals surface area (Å²) < 4.78 is 101. The van der Waals surface area contributed by atoms with Crippen molar-refractivity contribution >= 4 is 74.9 Å². The van der Waals surface area contributed by atoms with Crippen LogP contribution in [-0.4, -0.2) is 54.0 Å². The molecule has 6 rings (SSSR count). The van der Waals surface area contributed by atoms with Crippen molar-refractivity contribution in [2.24, 2.45) is 20.5 Å². The number of imidazole rings is 1. The number of phenols is 1. The fourth-order valence-electron chi connectivity index (χ4n) is 4.68. The third-order valence-electron chi connectivity index (χ3n) is 6.90. The molecule has 16 nitrogen and oxygen atoms in total. The third-order valence-corrected chi connectivity index (χ3v) is 9.52. The number of hydrogen-bond donors (Lipinski definition) is 5. The van der Waals surface area contributed by atoms with E-state index in [9.17, 15) is 39.5 Å². The molecule has 5 aromatic carbocycles. The quantitative estimate of drug-likeness (QED) is 0.0824. The van der Waals surface area contributed by atoms with Gasteiger partial charge in [0.2, 0.25) is 0 Å². The molecule has 0 aliphatic heterocycles. The summed E-state index contributed by atoms with van der Waals surface area (Å²) in [4.78, 5) is 5.62. The molecule has 1 heterocycles. The molecule has 0 bridgehead atoms. The number of hydrogen-bond acceptors (Lipinski definition) is 12. The molecule has 0 amide bonds. The lowest BCUT2D eigenvalue weighted by Gasteiger charge is -2.09. The molecule has 5 N–H and O–H groups in total. The first-order valence-corrected chi connectivity index (χ1v) is 17.7. The highest BCUT2D eigenvalue weighted by atomic mass is 32.2. The maximum Gasteiger partial charge on any atom is 0.296 e. The van der Waals surface area contributed by atoms with Gasteiger partial charge in [0.05, 0.1) is 27.3 Å². The standard InChI is InChI=1S/C29H20N6O10S3/c36-28-20-11-13-23-26(31-29(30-23)16-4-2-1-3-5-16)21(20)15-25(48(43,44)45)27(28)35-34-22-12-8-18(14-24(22)47(40,41)42)33-32-17-6-9-19(10-7-17)46(37,38)39/h1-15,36H,(H,30,31)(H,37,38,39)(H,40,41,42)(H,43,44,45). The minimum absolute atomic E-state index is 0.0883. The number of H-pyrrole nitrogens is 1. The number of phenolic OH excluding ortho intramolecular Hbond substituents is 1. The average Bonchev–Trinajstić information content (AvgIpc) is 3.48. The molecule has 6 aromatic rings. The Morgan fingerprint density at radius 3 is 1.90 bits per heavy atom. The van der Waals surface area contributed by atoms with Crippen molar-refractivity contribution in [2.45, 2.75) is 14.7 Å². The zero-order valence-electron chi connectivity index (χ0n) is 23.9. The van der Waals surface area contributed by atoms with E-state index in [2.05, 4.69) is 30.4 Å². The van der Waals surface area contributed by atoms with Crippen molar-refractivity contribution in [2.75, 3.05) is 0 Å². The van der Waals surface area contributed by atoms with Crippen molar-refractivity contribution in [1.29, 1.82) is 0 Å². The smallest absolute Gasteiger partial charge is 0.296 e. The number of rotatable bonds is 8. The van der Waals surface area contributed by atoms with Crippen molar-refractivity contribution < 1.29 is 44.0 Å². The van der Waals surface area contributed by atoms with Gasteiger partial charge in [-0.2, -0.15) is 35.5 Å². The van der Waals surface area contributed by atoms with Gasteiger partial charge in [0.1, 0.15) is 27.0 Å². The van der Waals surface area contributed by atoms with Crippen LogP contribution in [0.25, 0.3) is 33.2 Å². The summed E-state index contributed by atoms with van der Waals surface area (Å²) in [6.45, 7) is 0. The Morgan fingerprint density at radius 1 is 0.604 bits per heavy atom. The summed E-state index contributed by atoms with van der Waals surface area (Å²) in [5, 5.41) is 26.6. The van der Waals surface area contributed by atoms with E-state index >= 15 is 0 Å². The van der Waals surface area contributed by atoms with Crippen molar-refractivity contribution in [3.63, 3.8) is 0 Å². The molecule has 0 unspecified atom stereocenters. The van der Waals surface area contributed by atoms with Gasteiger partial charge in [0.25, 0.3) is 30.4 Å². The molecule has 0 radical (unpaired) electrons. The number of aromatic nitrogens is 2. The van der Waals surface area contributed by atoms with E-state index in [1.165, 1.54) is 24.3 Å². The number of aromatic amines is 1. The number of benzene rings is 5. The first kappa shape index (κ1) is 32.5. The van der Waals surface area contributed by atoms with Gasteiger partial charge in [-0.05, 0) is 60.7 Å². The van der Waals surface area contributed by atoms with E-state index < -0.39 is 57.3 Å². The van der Waals surface area contributed by atoms with Crippen molar-refractivity contribution in [3.8, 4) is 17.1 Å². The summed E-state index contributed by atoms with van der Waals surface area (Å²) in [6, 6.07) is 20.9. The highest BCUT2D eigenvalue weighted by Gasteiger charge is 2.24. The Labute approximate surface area is 271 Å². The molecule has 19 heteroatoms. The van der Waals surface area contributed by atoms with E-state index in [0.29, 0.717) is 11.3 Å². The number of aromatic hydroxyl groups is 1. The van der Waals surface area contributed by atoms with Crippen LogP contribution in [0.1, 0.15) is 0 Å². The highest BCUT2D eigenvalue weighted by Crippen LogP contribution is 2.44.